The van der Waals surface area contributed by atoms with E-state index >= 15 is 0 Å². The molecule has 0 heterocycles. The summed E-state index contributed by atoms with van der Waals surface area (Å²) < 4.78 is 33.2. The molecule has 0 aromatic rings. The summed E-state index contributed by atoms with van der Waals surface area (Å²) in [5.74, 6) is -0.517. The van der Waals surface area contributed by atoms with Gasteiger partial charge in [-0.25, -0.2) is 4.57 Å². The number of aliphatic hydroxyl groups excluding tert-OH is 2. The number of phosphoric ester groups is 1. The lowest BCUT2D eigenvalue weighted by molar-refractivity contribution is -0.153. The minimum atomic E-state index is -4.55. The molecule has 0 spiro atoms. The summed E-state index contributed by atoms with van der Waals surface area (Å²) in [5.41, 5.74) is 0. The van der Waals surface area contributed by atoms with Gasteiger partial charge in [-0.05, 0) is 77.0 Å². The summed E-state index contributed by atoms with van der Waals surface area (Å²) in [6, 6.07) is 0. The van der Waals surface area contributed by atoms with Crippen LogP contribution >= 0.6 is 7.82 Å². The molecular formula is C46H77O9P. The summed E-state index contributed by atoms with van der Waals surface area (Å²) in [6.07, 6.45) is 52.5. The first-order valence-corrected chi connectivity index (χ1v) is 22.7. The number of rotatable bonds is 39. The standard InChI is InChI=1S/C46H77O9P/c1-3-5-7-9-11-13-15-17-19-20-21-22-23-25-27-29-31-33-35-37-39-52-42-45(43-54-56(50,51)53-41-44(48)40-47)55-46(49)38-36-34-32-30-28-26-24-18-16-14-12-10-8-6-4-2/h6,8,11-14,17-19,21-22,24,28,30,34,36,44-45,47-48H,3-5,7,9-10,15-16,20,23,25-27,29,31-33,35,37-43H2,1-2H3,(H,50,51)/b8-6-,13-11-,14-12-,19-17-,22-21-,24-18-,30-28-,36-34-. The number of phosphoric acid groups is 1. The fourth-order valence-corrected chi connectivity index (χ4v) is 5.87. The molecule has 0 amide bonds. The third-order valence-corrected chi connectivity index (χ3v) is 9.24. The fourth-order valence-electron chi connectivity index (χ4n) is 5.08. The van der Waals surface area contributed by atoms with Crippen LogP contribution in [0.4, 0.5) is 0 Å². The van der Waals surface area contributed by atoms with Gasteiger partial charge in [0.2, 0.25) is 0 Å². The maximum absolute atomic E-state index is 12.5. The molecule has 10 heteroatoms. The van der Waals surface area contributed by atoms with Gasteiger partial charge >= 0.3 is 13.8 Å². The van der Waals surface area contributed by atoms with Crippen LogP contribution in [0.1, 0.15) is 142 Å². The molecule has 320 valence electrons. The van der Waals surface area contributed by atoms with Gasteiger partial charge in [0.1, 0.15) is 12.2 Å². The number of carbonyl (C=O) groups is 1. The molecule has 3 N–H and O–H groups in total. The normalized spacial score (nSPS) is 15.0. The maximum atomic E-state index is 12.5. The molecule has 0 saturated heterocycles. The van der Waals surface area contributed by atoms with Crippen molar-refractivity contribution in [3.63, 3.8) is 0 Å². The Kier molecular flexibility index (Phi) is 40.0. The van der Waals surface area contributed by atoms with E-state index in [1.54, 1.807) is 6.08 Å². The Balaban J connectivity index is 4.33. The molecular weight excluding hydrogens is 727 g/mol. The monoisotopic (exact) mass is 805 g/mol. The molecule has 3 atom stereocenters. The molecule has 0 aromatic carbocycles. The van der Waals surface area contributed by atoms with Gasteiger partial charge in [-0.15, -0.1) is 0 Å². The number of hydrogen-bond donors (Lipinski definition) is 3. The number of carbonyl (C=O) groups excluding carboxylic acids is 1. The van der Waals surface area contributed by atoms with E-state index in [4.69, 9.17) is 23.6 Å². The highest BCUT2D eigenvalue weighted by atomic mass is 31.2. The molecule has 0 bridgehead atoms. The zero-order valence-electron chi connectivity index (χ0n) is 34.8. The molecule has 0 rings (SSSR count). The summed E-state index contributed by atoms with van der Waals surface area (Å²) in [5, 5.41) is 18.3. The van der Waals surface area contributed by atoms with Crippen LogP contribution < -0.4 is 0 Å². The van der Waals surface area contributed by atoms with Gasteiger partial charge in [0, 0.05) is 6.61 Å². The van der Waals surface area contributed by atoms with Crippen molar-refractivity contribution >= 4 is 13.8 Å². The average Bonchev–Trinajstić information content (AvgIpc) is 3.19. The molecule has 0 aromatic heterocycles. The zero-order valence-corrected chi connectivity index (χ0v) is 35.7. The number of ether oxygens (including phenoxy) is 2. The van der Waals surface area contributed by atoms with Crippen LogP contribution in [0.3, 0.4) is 0 Å². The molecule has 0 radical (unpaired) electrons. The van der Waals surface area contributed by atoms with Crippen molar-refractivity contribution in [2.45, 2.75) is 154 Å². The van der Waals surface area contributed by atoms with Crippen molar-refractivity contribution in [1.82, 2.24) is 0 Å². The Labute approximate surface area is 340 Å². The van der Waals surface area contributed by atoms with Crippen LogP contribution in [0.2, 0.25) is 0 Å². The van der Waals surface area contributed by atoms with Crippen LogP contribution in [-0.4, -0.2) is 66.3 Å². The highest BCUT2D eigenvalue weighted by Crippen LogP contribution is 2.43. The first-order chi connectivity index (χ1) is 27.3. The van der Waals surface area contributed by atoms with E-state index in [0.717, 1.165) is 64.2 Å². The second-order valence-corrected chi connectivity index (χ2v) is 15.1. The molecule has 0 aliphatic heterocycles. The molecule has 9 nitrogen and oxygen atoms in total. The lowest BCUT2D eigenvalue weighted by atomic mass is 10.1. The summed E-state index contributed by atoms with van der Waals surface area (Å²) >= 11 is 0. The smallest absolute Gasteiger partial charge is 0.457 e. The molecule has 3 unspecified atom stereocenters. The Morgan fingerprint density at radius 1 is 0.571 bits per heavy atom. The predicted molar refractivity (Wildman–Crippen MR) is 232 cm³/mol. The second kappa shape index (κ2) is 42.0. The van der Waals surface area contributed by atoms with Crippen LogP contribution in [0, 0.1) is 0 Å². The molecule has 0 saturated carbocycles. The number of aliphatic hydroxyl groups is 2. The number of allylic oxidation sites excluding steroid dienone is 15. The summed E-state index contributed by atoms with van der Waals surface area (Å²) in [4.78, 5) is 22.5. The van der Waals surface area contributed by atoms with Gasteiger partial charge in [0.15, 0.2) is 0 Å². The third kappa shape index (κ3) is 41.0. The molecule has 0 aliphatic rings. The van der Waals surface area contributed by atoms with Crippen LogP contribution in [-0.2, 0) is 27.9 Å². The first-order valence-electron chi connectivity index (χ1n) is 21.2. The van der Waals surface area contributed by atoms with Crippen LogP contribution in [0.15, 0.2) is 97.2 Å². The zero-order chi connectivity index (χ0) is 41.1. The van der Waals surface area contributed by atoms with E-state index in [0.29, 0.717) is 13.0 Å². The van der Waals surface area contributed by atoms with Crippen LogP contribution in [0.25, 0.3) is 0 Å². The van der Waals surface area contributed by atoms with Crippen molar-refractivity contribution in [2.75, 3.05) is 33.0 Å². The maximum Gasteiger partial charge on any atom is 0.472 e. The van der Waals surface area contributed by atoms with Crippen molar-refractivity contribution in [2.24, 2.45) is 0 Å². The second-order valence-electron chi connectivity index (χ2n) is 13.6. The first kappa shape index (κ1) is 53.4. The van der Waals surface area contributed by atoms with E-state index in [1.165, 1.54) is 51.4 Å². The van der Waals surface area contributed by atoms with Crippen molar-refractivity contribution in [3.05, 3.63) is 97.2 Å². The van der Waals surface area contributed by atoms with Gasteiger partial charge in [0.05, 0.1) is 32.8 Å². The summed E-state index contributed by atoms with van der Waals surface area (Å²) in [6.45, 7) is 3.19. The third-order valence-electron chi connectivity index (χ3n) is 8.29. The Bertz CT molecular complexity index is 1190. The Morgan fingerprint density at radius 2 is 1.02 bits per heavy atom. The largest absolute Gasteiger partial charge is 0.472 e. The number of unbranched alkanes of at least 4 members (excludes halogenated alkanes) is 10. The quantitative estimate of drug-likeness (QED) is 0.0240. The number of hydrogen-bond acceptors (Lipinski definition) is 8. The molecule has 0 fully saturated rings. The van der Waals surface area contributed by atoms with E-state index < -0.39 is 45.8 Å². The van der Waals surface area contributed by atoms with E-state index in [9.17, 15) is 19.4 Å². The van der Waals surface area contributed by atoms with Gasteiger partial charge in [-0.3, -0.25) is 13.8 Å². The minimum absolute atomic E-state index is 0.00382. The Morgan fingerprint density at radius 3 is 1.54 bits per heavy atom. The Hall–Kier alpha value is -2.62. The van der Waals surface area contributed by atoms with Gasteiger partial charge in [0.25, 0.3) is 0 Å². The van der Waals surface area contributed by atoms with Gasteiger partial charge in [-0.2, -0.15) is 0 Å². The van der Waals surface area contributed by atoms with E-state index in [1.807, 2.05) is 12.2 Å². The molecule has 56 heavy (non-hydrogen) atoms. The lowest BCUT2D eigenvalue weighted by Gasteiger charge is -2.20. The fraction of sp³-hybridized carbons (Fsp3) is 0.630. The topological polar surface area (TPSA) is 132 Å². The van der Waals surface area contributed by atoms with Gasteiger partial charge in [-0.1, -0.05) is 156 Å². The molecule has 0 aliphatic carbocycles. The SMILES string of the molecule is CC/C=C\C/C=C\C/C=C\C/C=C\C/C=C\CC(=O)OC(COCCCCCCCCC/C=C\C/C=C\C/C=C\CCCCC)COP(=O)(O)OCC(O)CO. The minimum Gasteiger partial charge on any atom is -0.457 e. The average molecular weight is 805 g/mol. The van der Waals surface area contributed by atoms with Gasteiger partial charge < -0.3 is 24.6 Å². The van der Waals surface area contributed by atoms with Crippen molar-refractivity contribution in [1.29, 1.82) is 0 Å². The highest BCUT2D eigenvalue weighted by Gasteiger charge is 2.26. The highest BCUT2D eigenvalue weighted by molar-refractivity contribution is 7.47. The van der Waals surface area contributed by atoms with Crippen molar-refractivity contribution in [3.8, 4) is 0 Å². The predicted octanol–water partition coefficient (Wildman–Crippen LogP) is 11.7. The van der Waals surface area contributed by atoms with E-state index in [2.05, 4.69) is 92.8 Å². The van der Waals surface area contributed by atoms with Crippen LogP contribution in [0.5, 0.6) is 0 Å². The van der Waals surface area contributed by atoms with E-state index in [-0.39, 0.29) is 13.0 Å². The summed E-state index contributed by atoms with van der Waals surface area (Å²) in [7, 11) is -4.55. The number of esters is 1. The lowest BCUT2D eigenvalue weighted by Crippen LogP contribution is -2.28. The van der Waals surface area contributed by atoms with Crippen molar-refractivity contribution < 1.29 is 43.0 Å².